The van der Waals surface area contributed by atoms with Crippen molar-refractivity contribution < 1.29 is 9.90 Å². The summed E-state index contributed by atoms with van der Waals surface area (Å²) in [6.45, 7) is 0. The van der Waals surface area contributed by atoms with Crippen LogP contribution in [-0.2, 0) is 4.79 Å². The molecule has 2 heterocycles. The number of carboxylic acid groups (broad SMARTS) is 1. The molecule has 8 heteroatoms. The van der Waals surface area contributed by atoms with E-state index in [-0.39, 0.29) is 22.3 Å². The van der Waals surface area contributed by atoms with Gasteiger partial charge < -0.3 is 20.8 Å². The number of fused-ring (bicyclic) bond motifs is 1. The average Bonchev–Trinajstić information content (AvgIpc) is 2.89. The number of carbonyl (C=O) groups is 1. The number of para-hydroxylation sites is 1. The lowest BCUT2D eigenvalue weighted by molar-refractivity contribution is -0.133. The van der Waals surface area contributed by atoms with Gasteiger partial charge >= 0.3 is 5.97 Å². The second-order valence-electron chi connectivity index (χ2n) is 4.56. The van der Waals surface area contributed by atoms with Gasteiger partial charge in [0.15, 0.2) is 5.16 Å². The summed E-state index contributed by atoms with van der Waals surface area (Å²) in [4.78, 5) is 32.6. The van der Waals surface area contributed by atoms with Gasteiger partial charge in [-0.05, 0) is 6.07 Å². The van der Waals surface area contributed by atoms with Crippen LogP contribution in [0, 0.1) is 0 Å². The van der Waals surface area contributed by atoms with Crippen LogP contribution < -0.4 is 11.3 Å². The van der Waals surface area contributed by atoms with Gasteiger partial charge in [0, 0.05) is 22.7 Å². The highest BCUT2D eigenvalue weighted by molar-refractivity contribution is 7.99. The number of thioether (sulfide) groups is 1. The summed E-state index contributed by atoms with van der Waals surface area (Å²) in [5.41, 5.74) is 7.34. The summed E-state index contributed by atoms with van der Waals surface area (Å²) in [6.07, 6.45) is 1.71. The Morgan fingerprint density at radius 2 is 2.14 bits per heavy atom. The molecule has 0 aliphatic carbocycles. The summed E-state index contributed by atoms with van der Waals surface area (Å²) in [7, 11) is 0. The summed E-state index contributed by atoms with van der Waals surface area (Å²) in [6, 6.07) is 7.54. The van der Waals surface area contributed by atoms with Crippen LogP contribution >= 0.6 is 11.8 Å². The van der Waals surface area contributed by atoms with Crippen molar-refractivity contribution >= 4 is 34.5 Å². The van der Waals surface area contributed by atoms with Crippen LogP contribution in [0.2, 0.25) is 0 Å². The zero-order valence-corrected chi connectivity index (χ0v) is 12.1. The van der Waals surface area contributed by atoms with Gasteiger partial charge in [-0.15, -0.1) is 0 Å². The zero-order chi connectivity index (χ0) is 15.7. The highest BCUT2D eigenvalue weighted by Crippen LogP contribution is 2.29. The molecule has 112 valence electrons. The molecule has 0 radical (unpaired) electrons. The SMILES string of the molecule is Nc1nc(SCC(=O)O)[nH]c(=O)c1-c1c[nH]c2ccccc12. The average molecular weight is 316 g/mol. The molecule has 0 bridgehead atoms. The predicted octanol–water partition coefficient (Wildman–Crippen LogP) is 1.68. The molecule has 2 aromatic heterocycles. The minimum atomic E-state index is -0.994. The van der Waals surface area contributed by atoms with E-state index in [1.807, 2.05) is 24.3 Å². The summed E-state index contributed by atoms with van der Waals surface area (Å²) in [5, 5.41) is 9.72. The minimum absolute atomic E-state index is 0.0707. The molecule has 3 aromatic rings. The number of hydrogen-bond donors (Lipinski definition) is 4. The number of nitrogens with zero attached hydrogens (tertiary/aromatic N) is 1. The first-order valence-electron chi connectivity index (χ1n) is 6.37. The molecule has 3 rings (SSSR count). The van der Waals surface area contributed by atoms with E-state index < -0.39 is 11.5 Å². The number of aromatic amines is 2. The van der Waals surface area contributed by atoms with Crippen molar-refractivity contribution in [2.75, 3.05) is 11.5 Å². The summed E-state index contributed by atoms with van der Waals surface area (Å²) < 4.78 is 0. The normalized spacial score (nSPS) is 10.9. The number of benzene rings is 1. The molecule has 0 atom stereocenters. The Bertz CT molecular complexity index is 916. The molecule has 0 fully saturated rings. The molecule has 0 amide bonds. The molecule has 0 unspecified atom stereocenters. The number of nitrogens with one attached hydrogen (secondary N) is 2. The van der Waals surface area contributed by atoms with Gasteiger partial charge in [-0.3, -0.25) is 9.59 Å². The van der Waals surface area contributed by atoms with Gasteiger partial charge in [0.2, 0.25) is 0 Å². The molecule has 0 spiro atoms. The fraction of sp³-hybridized carbons (Fsp3) is 0.0714. The van der Waals surface area contributed by atoms with Crippen LogP contribution in [-0.4, -0.2) is 31.8 Å². The Hall–Kier alpha value is -2.74. The Labute approximate surface area is 128 Å². The van der Waals surface area contributed by atoms with Crippen LogP contribution in [0.5, 0.6) is 0 Å². The number of aliphatic carboxylic acids is 1. The smallest absolute Gasteiger partial charge is 0.313 e. The molecule has 0 saturated carbocycles. The van der Waals surface area contributed by atoms with Crippen molar-refractivity contribution in [2.24, 2.45) is 0 Å². The largest absolute Gasteiger partial charge is 0.481 e. The number of anilines is 1. The minimum Gasteiger partial charge on any atom is -0.481 e. The number of nitrogen functional groups attached to an aromatic ring is 1. The maximum Gasteiger partial charge on any atom is 0.313 e. The van der Waals surface area contributed by atoms with Crippen molar-refractivity contribution in [3.05, 3.63) is 40.8 Å². The third-order valence-electron chi connectivity index (χ3n) is 3.12. The van der Waals surface area contributed by atoms with Crippen molar-refractivity contribution in [3.8, 4) is 11.1 Å². The first kappa shape index (κ1) is 14.2. The van der Waals surface area contributed by atoms with E-state index in [4.69, 9.17) is 10.8 Å². The number of H-pyrrole nitrogens is 2. The highest BCUT2D eigenvalue weighted by atomic mass is 32.2. The number of nitrogens with two attached hydrogens (primary N) is 1. The molecule has 0 aliphatic rings. The molecular weight excluding hydrogens is 304 g/mol. The van der Waals surface area contributed by atoms with E-state index >= 15 is 0 Å². The maximum atomic E-state index is 12.3. The Morgan fingerprint density at radius 1 is 1.36 bits per heavy atom. The monoisotopic (exact) mass is 316 g/mol. The lowest BCUT2D eigenvalue weighted by Gasteiger charge is -2.05. The van der Waals surface area contributed by atoms with E-state index in [0.717, 1.165) is 22.7 Å². The quantitative estimate of drug-likeness (QED) is 0.429. The van der Waals surface area contributed by atoms with Gasteiger partial charge in [0.05, 0.1) is 11.3 Å². The van der Waals surface area contributed by atoms with Crippen molar-refractivity contribution in [2.45, 2.75) is 5.16 Å². The zero-order valence-electron chi connectivity index (χ0n) is 11.3. The Kier molecular flexibility index (Phi) is 3.60. The van der Waals surface area contributed by atoms with Crippen molar-refractivity contribution in [1.29, 1.82) is 0 Å². The topological polar surface area (TPSA) is 125 Å². The highest BCUT2D eigenvalue weighted by Gasteiger charge is 2.15. The van der Waals surface area contributed by atoms with Crippen LogP contribution in [0.3, 0.4) is 0 Å². The van der Waals surface area contributed by atoms with Crippen LogP contribution in [0.4, 0.5) is 5.82 Å². The fourth-order valence-corrected chi connectivity index (χ4v) is 2.79. The Balaban J connectivity index is 2.08. The number of carboxylic acids is 1. The van der Waals surface area contributed by atoms with Gasteiger partial charge in [0.25, 0.3) is 5.56 Å². The van der Waals surface area contributed by atoms with Crippen molar-refractivity contribution in [3.63, 3.8) is 0 Å². The first-order chi connectivity index (χ1) is 10.6. The standard InChI is InChI=1S/C14H12N4O3S/c15-12-11(8-5-16-9-4-2-1-3-7(8)9)13(21)18-14(17-12)22-6-10(19)20/h1-5,16H,6H2,(H,19,20)(H3,15,17,18,21). The van der Waals surface area contributed by atoms with Gasteiger partial charge in [-0.1, -0.05) is 30.0 Å². The predicted molar refractivity (Wildman–Crippen MR) is 84.9 cm³/mol. The lowest BCUT2D eigenvalue weighted by atomic mass is 10.1. The van der Waals surface area contributed by atoms with E-state index in [1.54, 1.807) is 6.20 Å². The summed E-state index contributed by atoms with van der Waals surface area (Å²) >= 11 is 0.912. The van der Waals surface area contributed by atoms with Gasteiger partial charge in [0.1, 0.15) is 5.82 Å². The molecule has 5 N–H and O–H groups in total. The third kappa shape index (κ3) is 2.56. The van der Waals surface area contributed by atoms with Crippen LogP contribution in [0.1, 0.15) is 0 Å². The molecule has 7 nitrogen and oxygen atoms in total. The molecule has 0 saturated heterocycles. The molecule has 1 aromatic carbocycles. The van der Waals surface area contributed by atoms with E-state index in [0.29, 0.717) is 5.56 Å². The molecular formula is C14H12N4O3S. The second kappa shape index (κ2) is 5.57. The Morgan fingerprint density at radius 3 is 2.86 bits per heavy atom. The van der Waals surface area contributed by atoms with Crippen molar-refractivity contribution in [1.82, 2.24) is 15.0 Å². The third-order valence-corrected chi connectivity index (χ3v) is 3.97. The maximum absolute atomic E-state index is 12.3. The molecule has 0 aliphatic heterocycles. The van der Waals surface area contributed by atoms with Crippen LogP contribution in [0.25, 0.3) is 22.0 Å². The second-order valence-corrected chi connectivity index (χ2v) is 5.53. The first-order valence-corrected chi connectivity index (χ1v) is 7.35. The number of rotatable bonds is 4. The summed E-state index contributed by atoms with van der Waals surface area (Å²) in [5.74, 6) is -1.12. The van der Waals surface area contributed by atoms with E-state index in [2.05, 4.69) is 15.0 Å². The molecule has 22 heavy (non-hydrogen) atoms. The van der Waals surface area contributed by atoms with E-state index in [1.165, 1.54) is 0 Å². The number of aromatic nitrogens is 3. The van der Waals surface area contributed by atoms with E-state index in [9.17, 15) is 9.59 Å². The number of hydrogen-bond acceptors (Lipinski definition) is 5. The lowest BCUT2D eigenvalue weighted by Crippen LogP contribution is -2.15. The fourth-order valence-electron chi connectivity index (χ4n) is 2.21. The van der Waals surface area contributed by atoms with Gasteiger partial charge in [-0.2, -0.15) is 0 Å². The van der Waals surface area contributed by atoms with Gasteiger partial charge in [-0.25, -0.2) is 4.98 Å². The van der Waals surface area contributed by atoms with Crippen LogP contribution in [0.15, 0.2) is 40.4 Å².